The number of aliphatic hydroxyl groups is 2. The predicted molar refractivity (Wildman–Crippen MR) is 43.5 cm³/mol. The van der Waals surface area contributed by atoms with Crippen LogP contribution in [0, 0.1) is 0 Å². The van der Waals surface area contributed by atoms with Crippen molar-refractivity contribution in [2.75, 3.05) is 13.1 Å². The van der Waals surface area contributed by atoms with Crippen molar-refractivity contribution in [3.8, 4) is 0 Å². The molecule has 2 atom stereocenters. The van der Waals surface area contributed by atoms with E-state index in [-0.39, 0.29) is 5.91 Å². The van der Waals surface area contributed by atoms with Crippen LogP contribution >= 0.6 is 0 Å². The summed E-state index contributed by atoms with van der Waals surface area (Å²) in [6.07, 6.45) is -0.371. The maximum atomic E-state index is 11.2. The van der Waals surface area contributed by atoms with Crippen LogP contribution in [0.4, 0.5) is 0 Å². The van der Waals surface area contributed by atoms with E-state index in [1.165, 1.54) is 11.8 Å². The van der Waals surface area contributed by atoms with Gasteiger partial charge in [-0.1, -0.05) is 0 Å². The molecule has 0 spiro atoms. The maximum Gasteiger partial charge on any atom is 0.251 e. The van der Waals surface area contributed by atoms with E-state index >= 15 is 0 Å². The van der Waals surface area contributed by atoms with Gasteiger partial charge >= 0.3 is 0 Å². The average Bonchev–Trinajstić information content (AvgIpc) is 2.28. The zero-order valence-electron chi connectivity index (χ0n) is 7.45. The van der Waals surface area contributed by atoms with E-state index in [4.69, 9.17) is 5.11 Å². The second-order valence-electron chi connectivity index (χ2n) is 3.68. The molecule has 4 heteroatoms. The SMILES string of the molecule is C[C@@H](O)C(=O)N1CCC(C)(O)C1. The molecule has 1 rings (SSSR count). The second-order valence-corrected chi connectivity index (χ2v) is 3.68. The molecule has 0 aromatic carbocycles. The molecule has 1 aliphatic heterocycles. The Labute approximate surface area is 71.8 Å². The van der Waals surface area contributed by atoms with Crippen LogP contribution in [0.2, 0.25) is 0 Å². The minimum Gasteiger partial charge on any atom is -0.388 e. The monoisotopic (exact) mass is 173 g/mol. The molecule has 1 aliphatic rings. The van der Waals surface area contributed by atoms with Crippen LogP contribution in [0.25, 0.3) is 0 Å². The van der Waals surface area contributed by atoms with Crippen LogP contribution in [-0.4, -0.2) is 45.8 Å². The van der Waals surface area contributed by atoms with E-state index in [1.54, 1.807) is 6.92 Å². The second kappa shape index (κ2) is 3.03. The summed E-state index contributed by atoms with van der Waals surface area (Å²) in [5.74, 6) is -0.298. The Morgan fingerprint density at radius 1 is 1.67 bits per heavy atom. The van der Waals surface area contributed by atoms with Crippen LogP contribution < -0.4 is 0 Å². The van der Waals surface area contributed by atoms with Crippen molar-refractivity contribution in [1.82, 2.24) is 4.90 Å². The molecular formula is C8H15NO3. The molecule has 0 radical (unpaired) electrons. The lowest BCUT2D eigenvalue weighted by Crippen LogP contribution is -2.38. The quantitative estimate of drug-likeness (QED) is 0.554. The highest BCUT2D eigenvalue weighted by molar-refractivity contribution is 5.80. The van der Waals surface area contributed by atoms with Crippen molar-refractivity contribution in [3.63, 3.8) is 0 Å². The fraction of sp³-hybridized carbons (Fsp3) is 0.875. The number of hydrogen-bond acceptors (Lipinski definition) is 3. The van der Waals surface area contributed by atoms with Gasteiger partial charge in [0, 0.05) is 13.1 Å². The van der Waals surface area contributed by atoms with Crippen LogP contribution in [-0.2, 0) is 4.79 Å². The standard InChI is InChI=1S/C8H15NO3/c1-6(10)7(11)9-4-3-8(2,12)5-9/h6,10,12H,3-5H2,1-2H3/t6-,8?/m1/s1. The van der Waals surface area contributed by atoms with E-state index in [0.29, 0.717) is 19.5 Å². The largest absolute Gasteiger partial charge is 0.388 e. The van der Waals surface area contributed by atoms with Crippen molar-refractivity contribution in [2.45, 2.75) is 32.0 Å². The predicted octanol–water partition coefficient (Wildman–Crippen LogP) is -0.649. The number of nitrogens with zero attached hydrogens (tertiary/aromatic N) is 1. The van der Waals surface area contributed by atoms with Gasteiger partial charge in [0.25, 0.3) is 5.91 Å². The molecule has 4 nitrogen and oxygen atoms in total. The molecule has 2 N–H and O–H groups in total. The Bertz CT molecular complexity index is 189. The van der Waals surface area contributed by atoms with Gasteiger partial charge in [0.1, 0.15) is 6.10 Å². The van der Waals surface area contributed by atoms with Gasteiger partial charge in [0.05, 0.1) is 5.60 Å². The van der Waals surface area contributed by atoms with Gasteiger partial charge in [-0.25, -0.2) is 0 Å². The molecule has 1 amide bonds. The topological polar surface area (TPSA) is 60.8 Å². The third-order valence-corrected chi connectivity index (χ3v) is 2.12. The first-order valence-corrected chi connectivity index (χ1v) is 4.12. The van der Waals surface area contributed by atoms with Crippen molar-refractivity contribution in [1.29, 1.82) is 0 Å². The molecule has 70 valence electrons. The summed E-state index contributed by atoms with van der Waals surface area (Å²) < 4.78 is 0. The smallest absolute Gasteiger partial charge is 0.251 e. The highest BCUT2D eigenvalue weighted by Gasteiger charge is 2.34. The Balaban J connectivity index is 2.53. The lowest BCUT2D eigenvalue weighted by atomic mass is 10.1. The molecule has 1 unspecified atom stereocenters. The number of amides is 1. The molecule has 1 saturated heterocycles. The van der Waals surface area contributed by atoms with E-state index in [2.05, 4.69) is 0 Å². The van der Waals surface area contributed by atoms with Crippen molar-refractivity contribution >= 4 is 5.91 Å². The fourth-order valence-corrected chi connectivity index (χ4v) is 1.40. The number of carbonyl (C=O) groups excluding carboxylic acids is 1. The van der Waals surface area contributed by atoms with Gasteiger partial charge in [-0.3, -0.25) is 4.79 Å². The van der Waals surface area contributed by atoms with Crippen LogP contribution in [0.5, 0.6) is 0 Å². The van der Waals surface area contributed by atoms with Gasteiger partial charge in [-0.05, 0) is 20.3 Å². The Morgan fingerprint density at radius 2 is 2.25 bits per heavy atom. The van der Waals surface area contributed by atoms with Gasteiger partial charge < -0.3 is 15.1 Å². The van der Waals surface area contributed by atoms with Crippen LogP contribution in [0.1, 0.15) is 20.3 Å². The van der Waals surface area contributed by atoms with Crippen molar-refractivity contribution < 1.29 is 15.0 Å². The molecule has 12 heavy (non-hydrogen) atoms. The first-order chi connectivity index (χ1) is 5.42. The zero-order chi connectivity index (χ0) is 9.35. The first kappa shape index (κ1) is 9.48. The third kappa shape index (κ3) is 1.95. The Morgan fingerprint density at radius 3 is 2.58 bits per heavy atom. The van der Waals surface area contributed by atoms with E-state index < -0.39 is 11.7 Å². The highest BCUT2D eigenvalue weighted by atomic mass is 16.3. The lowest BCUT2D eigenvalue weighted by molar-refractivity contribution is -0.139. The average molecular weight is 173 g/mol. The van der Waals surface area contributed by atoms with E-state index in [9.17, 15) is 9.90 Å². The number of carbonyl (C=O) groups is 1. The summed E-state index contributed by atoms with van der Waals surface area (Å²) in [6, 6.07) is 0. The molecule has 0 aromatic rings. The molecule has 0 bridgehead atoms. The third-order valence-electron chi connectivity index (χ3n) is 2.12. The number of likely N-dealkylation sites (tertiary alicyclic amines) is 1. The summed E-state index contributed by atoms with van der Waals surface area (Å²) in [4.78, 5) is 12.7. The maximum absolute atomic E-state index is 11.2. The Kier molecular flexibility index (Phi) is 2.39. The summed E-state index contributed by atoms with van der Waals surface area (Å²) in [5, 5.41) is 18.5. The van der Waals surface area contributed by atoms with Crippen molar-refractivity contribution in [3.05, 3.63) is 0 Å². The molecule has 0 aromatic heterocycles. The number of β-amino-alcohol motifs (C(OH)–C–C–N with tert-alkyl or cyclic N) is 1. The number of hydrogen-bond donors (Lipinski definition) is 2. The number of aliphatic hydroxyl groups excluding tert-OH is 1. The molecule has 1 heterocycles. The normalized spacial score (nSPS) is 32.2. The van der Waals surface area contributed by atoms with Gasteiger partial charge in [-0.15, -0.1) is 0 Å². The lowest BCUT2D eigenvalue weighted by Gasteiger charge is -2.19. The van der Waals surface area contributed by atoms with Gasteiger partial charge in [0.15, 0.2) is 0 Å². The molecular weight excluding hydrogens is 158 g/mol. The zero-order valence-corrected chi connectivity index (χ0v) is 7.45. The van der Waals surface area contributed by atoms with Crippen LogP contribution in [0.15, 0.2) is 0 Å². The molecule has 0 aliphatic carbocycles. The molecule has 1 fully saturated rings. The first-order valence-electron chi connectivity index (χ1n) is 4.12. The Hall–Kier alpha value is -0.610. The summed E-state index contributed by atoms with van der Waals surface area (Å²) in [5.41, 5.74) is -0.773. The summed E-state index contributed by atoms with van der Waals surface area (Å²) in [7, 11) is 0. The fourth-order valence-electron chi connectivity index (χ4n) is 1.40. The van der Waals surface area contributed by atoms with Crippen molar-refractivity contribution in [2.24, 2.45) is 0 Å². The highest BCUT2D eigenvalue weighted by Crippen LogP contribution is 2.20. The van der Waals surface area contributed by atoms with E-state index in [1.807, 2.05) is 0 Å². The van der Waals surface area contributed by atoms with Gasteiger partial charge in [-0.2, -0.15) is 0 Å². The minimum absolute atomic E-state index is 0.298. The summed E-state index contributed by atoms with van der Waals surface area (Å²) >= 11 is 0. The minimum atomic E-state index is -0.959. The van der Waals surface area contributed by atoms with E-state index in [0.717, 1.165) is 0 Å². The number of rotatable bonds is 1. The summed E-state index contributed by atoms with van der Waals surface area (Å²) in [6.45, 7) is 4.01. The van der Waals surface area contributed by atoms with Gasteiger partial charge in [0.2, 0.25) is 0 Å². The van der Waals surface area contributed by atoms with Crippen LogP contribution in [0.3, 0.4) is 0 Å². The molecule has 0 saturated carbocycles.